The minimum Gasteiger partial charge on any atom is -0.495 e. The lowest BCUT2D eigenvalue weighted by molar-refractivity contribution is -0.142. The Labute approximate surface area is 114 Å². The molecule has 0 aliphatic carbocycles. The van der Waals surface area contributed by atoms with Crippen LogP contribution in [-0.4, -0.2) is 38.5 Å². The van der Waals surface area contributed by atoms with E-state index in [-0.39, 0.29) is 6.61 Å². The fourth-order valence-corrected chi connectivity index (χ4v) is 2.21. The number of ether oxygens (including phenoxy) is 3. The van der Waals surface area contributed by atoms with Crippen LogP contribution < -0.4 is 9.47 Å². The highest BCUT2D eigenvalue weighted by atomic mass is 79.9. The molecule has 1 aromatic rings. The van der Waals surface area contributed by atoms with Crippen molar-refractivity contribution in [3.8, 4) is 11.5 Å². The molecule has 0 aliphatic heterocycles. The molecule has 100 valence electrons. The van der Waals surface area contributed by atoms with Crippen LogP contribution >= 0.6 is 15.9 Å². The summed E-state index contributed by atoms with van der Waals surface area (Å²) < 4.78 is 16.2. The molecule has 18 heavy (non-hydrogen) atoms. The Balaban J connectivity index is 2.71. The summed E-state index contributed by atoms with van der Waals surface area (Å²) >= 11 is 3.40. The molecule has 6 heteroatoms. The van der Waals surface area contributed by atoms with Gasteiger partial charge in [-0.05, 0) is 34.0 Å². The molecule has 1 N–H and O–H groups in total. The third-order valence-corrected chi connectivity index (χ3v) is 3.06. The van der Waals surface area contributed by atoms with Gasteiger partial charge in [-0.3, -0.25) is 0 Å². The minimum absolute atomic E-state index is 0.292. The van der Waals surface area contributed by atoms with Crippen molar-refractivity contribution in [2.45, 2.75) is 6.42 Å². The molecular formula is C12H15BrO5. The van der Waals surface area contributed by atoms with E-state index in [0.29, 0.717) is 24.5 Å². The number of rotatable bonds is 7. The normalized spacial score (nSPS) is 10.2. The summed E-state index contributed by atoms with van der Waals surface area (Å²) in [7, 11) is 3.15. The topological polar surface area (TPSA) is 65.0 Å². The second kappa shape index (κ2) is 7.23. The van der Waals surface area contributed by atoms with Crippen LogP contribution in [-0.2, 0) is 16.0 Å². The molecule has 0 aromatic heterocycles. The summed E-state index contributed by atoms with van der Waals surface area (Å²) in [6.45, 7) is 0.0288. The molecule has 0 bridgehead atoms. The highest BCUT2D eigenvalue weighted by molar-refractivity contribution is 9.10. The Morgan fingerprint density at radius 2 is 2.06 bits per heavy atom. The van der Waals surface area contributed by atoms with Gasteiger partial charge in [0.25, 0.3) is 0 Å². The van der Waals surface area contributed by atoms with E-state index >= 15 is 0 Å². The summed E-state index contributed by atoms with van der Waals surface area (Å²) in [4.78, 5) is 10.3. The number of hydrogen-bond donors (Lipinski definition) is 1. The second-order valence-corrected chi connectivity index (χ2v) is 4.26. The molecule has 5 nitrogen and oxygen atoms in total. The SMILES string of the molecule is COc1ccc(CCOCC(=O)O)c(OC)c1Br. The molecule has 0 fully saturated rings. The van der Waals surface area contributed by atoms with Gasteiger partial charge in [-0.15, -0.1) is 0 Å². The van der Waals surface area contributed by atoms with Gasteiger partial charge in [-0.2, -0.15) is 0 Å². The zero-order valence-electron chi connectivity index (χ0n) is 10.2. The largest absolute Gasteiger partial charge is 0.495 e. The van der Waals surface area contributed by atoms with Gasteiger partial charge >= 0.3 is 5.97 Å². The molecule has 0 saturated heterocycles. The summed E-state index contributed by atoms with van der Waals surface area (Å²) in [6, 6.07) is 3.69. The van der Waals surface area contributed by atoms with Gasteiger partial charge in [0.2, 0.25) is 0 Å². The Morgan fingerprint density at radius 3 is 2.61 bits per heavy atom. The highest BCUT2D eigenvalue weighted by Crippen LogP contribution is 2.37. The summed E-state index contributed by atoms with van der Waals surface area (Å²) in [5, 5.41) is 8.45. The number of carboxylic acids is 1. The van der Waals surface area contributed by atoms with Crippen molar-refractivity contribution in [2.24, 2.45) is 0 Å². The number of aliphatic carboxylic acids is 1. The van der Waals surface area contributed by atoms with E-state index in [4.69, 9.17) is 19.3 Å². The van der Waals surface area contributed by atoms with Crippen LogP contribution in [0.5, 0.6) is 11.5 Å². The first-order valence-corrected chi connectivity index (χ1v) is 6.08. The van der Waals surface area contributed by atoms with Gasteiger partial charge in [0, 0.05) is 0 Å². The van der Waals surface area contributed by atoms with Gasteiger partial charge < -0.3 is 19.3 Å². The number of benzene rings is 1. The van der Waals surface area contributed by atoms with E-state index in [2.05, 4.69) is 15.9 Å². The van der Waals surface area contributed by atoms with Crippen LogP contribution in [0.4, 0.5) is 0 Å². The zero-order valence-corrected chi connectivity index (χ0v) is 11.8. The van der Waals surface area contributed by atoms with Gasteiger partial charge in [-0.1, -0.05) is 6.07 Å². The lowest BCUT2D eigenvalue weighted by Crippen LogP contribution is -2.09. The minimum atomic E-state index is -0.974. The van der Waals surface area contributed by atoms with E-state index in [9.17, 15) is 4.79 Å². The predicted molar refractivity (Wildman–Crippen MR) is 69.4 cm³/mol. The first-order valence-electron chi connectivity index (χ1n) is 5.29. The lowest BCUT2D eigenvalue weighted by Gasteiger charge is -2.13. The Kier molecular flexibility index (Phi) is 5.94. The van der Waals surface area contributed by atoms with E-state index in [1.165, 1.54) is 0 Å². The molecule has 0 amide bonds. The number of methoxy groups -OCH3 is 2. The van der Waals surface area contributed by atoms with Crippen molar-refractivity contribution in [1.29, 1.82) is 0 Å². The number of halogens is 1. The molecule has 0 aliphatic rings. The second-order valence-electron chi connectivity index (χ2n) is 3.47. The van der Waals surface area contributed by atoms with Crippen LogP contribution in [0.3, 0.4) is 0 Å². The molecule has 0 atom stereocenters. The molecular weight excluding hydrogens is 304 g/mol. The van der Waals surface area contributed by atoms with E-state index in [0.717, 1.165) is 10.0 Å². The maximum absolute atomic E-state index is 10.3. The van der Waals surface area contributed by atoms with Crippen molar-refractivity contribution in [2.75, 3.05) is 27.4 Å². The van der Waals surface area contributed by atoms with Crippen LogP contribution in [0.2, 0.25) is 0 Å². The number of carbonyl (C=O) groups is 1. The van der Waals surface area contributed by atoms with Crippen LogP contribution in [0.1, 0.15) is 5.56 Å². The molecule has 1 aromatic carbocycles. The summed E-state index contributed by atoms with van der Waals surface area (Å²) in [5.41, 5.74) is 0.926. The van der Waals surface area contributed by atoms with Crippen LogP contribution in [0.25, 0.3) is 0 Å². The first-order chi connectivity index (χ1) is 8.60. The average Bonchev–Trinajstić information content (AvgIpc) is 2.34. The Bertz CT molecular complexity index is 419. The number of carboxylic acid groups (broad SMARTS) is 1. The highest BCUT2D eigenvalue weighted by Gasteiger charge is 2.12. The van der Waals surface area contributed by atoms with Gasteiger partial charge in [0.05, 0.1) is 20.8 Å². The van der Waals surface area contributed by atoms with Crippen molar-refractivity contribution < 1.29 is 24.1 Å². The van der Waals surface area contributed by atoms with E-state index in [1.54, 1.807) is 14.2 Å². The molecule has 0 heterocycles. The lowest BCUT2D eigenvalue weighted by atomic mass is 10.1. The zero-order chi connectivity index (χ0) is 13.5. The third-order valence-electron chi connectivity index (χ3n) is 2.31. The van der Waals surface area contributed by atoms with Crippen molar-refractivity contribution >= 4 is 21.9 Å². The summed E-state index contributed by atoms with van der Waals surface area (Å²) in [6.07, 6.45) is 0.568. The number of hydrogen-bond acceptors (Lipinski definition) is 4. The van der Waals surface area contributed by atoms with Crippen LogP contribution in [0.15, 0.2) is 16.6 Å². The van der Waals surface area contributed by atoms with Crippen molar-refractivity contribution in [3.05, 3.63) is 22.2 Å². The quantitative estimate of drug-likeness (QED) is 0.780. The standard InChI is InChI=1S/C12H15BrO5/c1-16-9-4-3-8(12(17-2)11(9)13)5-6-18-7-10(14)15/h3-4H,5-7H2,1-2H3,(H,14,15). The van der Waals surface area contributed by atoms with Gasteiger partial charge in [0.1, 0.15) is 22.6 Å². The smallest absolute Gasteiger partial charge is 0.329 e. The Hall–Kier alpha value is -1.27. The maximum atomic E-state index is 10.3. The molecule has 0 spiro atoms. The van der Waals surface area contributed by atoms with Crippen LogP contribution in [0, 0.1) is 0 Å². The maximum Gasteiger partial charge on any atom is 0.329 e. The monoisotopic (exact) mass is 318 g/mol. The summed E-state index contributed by atoms with van der Waals surface area (Å²) in [5.74, 6) is 0.383. The fraction of sp³-hybridized carbons (Fsp3) is 0.417. The van der Waals surface area contributed by atoms with E-state index in [1.807, 2.05) is 12.1 Å². The van der Waals surface area contributed by atoms with Crippen molar-refractivity contribution in [3.63, 3.8) is 0 Å². The van der Waals surface area contributed by atoms with Gasteiger partial charge in [0.15, 0.2) is 0 Å². The molecule has 0 radical (unpaired) electrons. The van der Waals surface area contributed by atoms with Gasteiger partial charge in [-0.25, -0.2) is 4.79 Å². The predicted octanol–water partition coefficient (Wildman–Crippen LogP) is 2.11. The molecule has 1 rings (SSSR count). The fourth-order valence-electron chi connectivity index (χ4n) is 1.49. The third kappa shape index (κ3) is 3.89. The molecule has 0 saturated carbocycles. The Morgan fingerprint density at radius 1 is 1.33 bits per heavy atom. The average molecular weight is 319 g/mol. The van der Waals surface area contributed by atoms with Crippen molar-refractivity contribution in [1.82, 2.24) is 0 Å². The first kappa shape index (κ1) is 14.8. The molecule has 0 unspecified atom stereocenters. The van der Waals surface area contributed by atoms with E-state index < -0.39 is 5.97 Å².